The van der Waals surface area contributed by atoms with Crippen LogP contribution < -0.4 is 5.32 Å². The van der Waals surface area contributed by atoms with Crippen LogP contribution in [0.15, 0.2) is 91.0 Å². The van der Waals surface area contributed by atoms with Crippen LogP contribution >= 0.6 is 0 Å². The summed E-state index contributed by atoms with van der Waals surface area (Å²) in [5, 5.41) is 16.0. The third kappa shape index (κ3) is 4.44. The summed E-state index contributed by atoms with van der Waals surface area (Å²) in [6.45, 7) is 2.22. The van der Waals surface area contributed by atoms with Gasteiger partial charge in [-0.3, -0.25) is 0 Å². The highest BCUT2D eigenvalue weighted by molar-refractivity contribution is 5.28. The molecule has 0 bridgehead atoms. The molecule has 0 spiro atoms. The van der Waals surface area contributed by atoms with Gasteiger partial charge in [0.1, 0.15) is 0 Å². The third-order valence-corrected chi connectivity index (χ3v) is 6.34. The molecule has 0 saturated carbocycles. The van der Waals surface area contributed by atoms with E-state index in [-0.39, 0.29) is 18.0 Å². The molecule has 1 heterocycles. The predicted molar refractivity (Wildman–Crippen MR) is 120 cm³/mol. The zero-order chi connectivity index (χ0) is 20.1. The van der Waals surface area contributed by atoms with Crippen LogP contribution in [-0.4, -0.2) is 10.7 Å². The van der Waals surface area contributed by atoms with Crippen LogP contribution in [0, 0.1) is 5.92 Å². The molecule has 1 saturated heterocycles. The number of benzene rings is 3. The Morgan fingerprint density at radius 3 is 1.97 bits per heavy atom. The second-order valence-electron chi connectivity index (χ2n) is 8.38. The van der Waals surface area contributed by atoms with Crippen molar-refractivity contribution in [3.63, 3.8) is 0 Å². The molecule has 1 aliphatic rings. The fraction of sp³-hybridized carbons (Fsp3) is 0.333. The van der Waals surface area contributed by atoms with E-state index in [1.807, 2.05) is 6.07 Å². The second-order valence-corrected chi connectivity index (χ2v) is 8.38. The Labute approximate surface area is 174 Å². The van der Waals surface area contributed by atoms with Crippen molar-refractivity contribution in [2.45, 2.75) is 50.3 Å². The van der Waals surface area contributed by atoms with E-state index in [4.69, 9.17) is 0 Å². The molecule has 4 atom stereocenters. The molecule has 2 N–H and O–H groups in total. The summed E-state index contributed by atoms with van der Waals surface area (Å²) in [6.07, 6.45) is 3.47. The van der Waals surface area contributed by atoms with Gasteiger partial charge >= 0.3 is 0 Å². The molecular formula is C27H31NO. The maximum atomic E-state index is 12.1. The zero-order valence-electron chi connectivity index (χ0n) is 17.2. The Balaban J connectivity index is 1.75. The first kappa shape index (κ1) is 19.9. The molecule has 0 aliphatic carbocycles. The van der Waals surface area contributed by atoms with Crippen molar-refractivity contribution in [1.82, 2.24) is 5.32 Å². The van der Waals surface area contributed by atoms with Gasteiger partial charge in [-0.15, -0.1) is 0 Å². The van der Waals surface area contributed by atoms with E-state index in [1.54, 1.807) is 0 Å². The summed E-state index contributed by atoms with van der Waals surface area (Å²) in [6, 6.07) is 31.9. The smallest absolute Gasteiger partial charge is 0.0752 e. The highest BCUT2D eigenvalue weighted by atomic mass is 16.3. The summed E-state index contributed by atoms with van der Waals surface area (Å²) in [7, 11) is 0. The van der Waals surface area contributed by atoms with Crippen LogP contribution in [0.4, 0.5) is 0 Å². The van der Waals surface area contributed by atoms with Crippen molar-refractivity contribution in [1.29, 1.82) is 0 Å². The molecule has 29 heavy (non-hydrogen) atoms. The molecule has 3 aromatic carbocycles. The lowest BCUT2D eigenvalue weighted by Gasteiger charge is -2.49. The summed E-state index contributed by atoms with van der Waals surface area (Å²) in [5.41, 5.74) is 2.95. The van der Waals surface area contributed by atoms with E-state index in [0.717, 1.165) is 19.3 Å². The summed E-state index contributed by atoms with van der Waals surface area (Å²) >= 11 is 0. The molecular weight excluding hydrogens is 354 g/mol. The average molecular weight is 386 g/mol. The van der Waals surface area contributed by atoms with Gasteiger partial charge in [-0.1, -0.05) is 104 Å². The first-order valence-electron chi connectivity index (χ1n) is 10.8. The lowest BCUT2D eigenvalue weighted by atomic mass is 9.67. The lowest BCUT2D eigenvalue weighted by Crippen LogP contribution is -2.54. The lowest BCUT2D eigenvalue weighted by molar-refractivity contribution is -0.0780. The Hall–Kier alpha value is -2.42. The molecule has 0 aromatic heterocycles. The SMILES string of the molecule is CCC[C@@H]1[C@H](c2ccccc2)N[C@H](c2ccccc2)C[C@@]1(O)Cc1ccccc1. The standard InChI is InChI=1S/C27H31NO/c1-2-12-24-26(23-17-10-5-11-18-23)28-25(22-15-8-4-9-16-22)20-27(24,29)19-21-13-6-3-7-14-21/h3-11,13-18,24-26,28-29H,2,12,19-20H2,1H3/t24-,25+,26+,27+/m1/s1. The van der Waals surface area contributed by atoms with Gasteiger partial charge in [0.25, 0.3) is 0 Å². The van der Waals surface area contributed by atoms with Crippen molar-refractivity contribution in [3.05, 3.63) is 108 Å². The minimum Gasteiger partial charge on any atom is -0.389 e. The van der Waals surface area contributed by atoms with Gasteiger partial charge in [0.05, 0.1) is 5.60 Å². The average Bonchev–Trinajstić information content (AvgIpc) is 2.77. The summed E-state index contributed by atoms with van der Waals surface area (Å²) in [4.78, 5) is 0. The highest BCUT2D eigenvalue weighted by Crippen LogP contribution is 2.46. The van der Waals surface area contributed by atoms with Gasteiger partial charge in [0.2, 0.25) is 0 Å². The molecule has 0 unspecified atom stereocenters. The highest BCUT2D eigenvalue weighted by Gasteiger charge is 2.47. The number of hydrogen-bond acceptors (Lipinski definition) is 2. The van der Waals surface area contributed by atoms with E-state index in [2.05, 4.69) is 97.2 Å². The van der Waals surface area contributed by atoms with E-state index < -0.39 is 5.60 Å². The minimum atomic E-state index is -0.760. The number of aliphatic hydroxyl groups is 1. The summed E-state index contributed by atoms with van der Waals surface area (Å²) in [5.74, 6) is 0.162. The maximum absolute atomic E-state index is 12.1. The molecule has 4 rings (SSSR count). The van der Waals surface area contributed by atoms with Crippen LogP contribution in [0.3, 0.4) is 0 Å². The molecule has 1 fully saturated rings. The quantitative estimate of drug-likeness (QED) is 0.558. The Morgan fingerprint density at radius 2 is 1.38 bits per heavy atom. The molecule has 0 amide bonds. The molecule has 3 aromatic rings. The molecule has 2 heteroatoms. The van der Waals surface area contributed by atoms with E-state index in [9.17, 15) is 5.11 Å². The topological polar surface area (TPSA) is 32.3 Å². The van der Waals surface area contributed by atoms with Gasteiger partial charge < -0.3 is 10.4 Å². The number of hydrogen-bond donors (Lipinski definition) is 2. The van der Waals surface area contributed by atoms with Gasteiger partial charge in [-0.25, -0.2) is 0 Å². The Morgan fingerprint density at radius 1 is 0.828 bits per heavy atom. The fourth-order valence-corrected chi connectivity index (χ4v) is 4.99. The zero-order valence-corrected chi connectivity index (χ0v) is 17.2. The van der Waals surface area contributed by atoms with Gasteiger partial charge in [0.15, 0.2) is 0 Å². The fourth-order valence-electron chi connectivity index (χ4n) is 4.99. The van der Waals surface area contributed by atoms with Gasteiger partial charge in [-0.05, 0) is 29.5 Å². The third-order valence-electron chi connectivity index (χ3n) is 6.34. The Kier molecular flexibility index (Phi) is 6.13. The largest absolute Gasteiger partial charge is 0.389 e. The van der Waals surface area contributed by atoms with Crippen molar-refractivity contribution in [2.75, 3.05) is 0 Å². The number of nitrogens with one attached hydrogen (secondary N) is 1. The summed E-state index contributed by atoms with van der Waals surface area (Å²) < 4.78 is 0. The number of rotatable bonds is 6. The monoisotopic (exact) mass is 385 g/mol. The first-order chi connectivity index (χ1) is 14.2. The van der Waals surface area contributed by atoms with Gasteiger partial charge in [0, 0.05) is 24.4 Å². The molecule has 1 aliphatic heterocycles. The van der Waals surface area contributed by atoms with E-state index in [1.165, 1.54) is 16.7 Å². The van der Waals surface area contributed by atoms with Crippen molar-refractivity contribution in [2.24, 2.45) is 5.92 Å². The van der Waals surface area contributed by atoms with Crippen molar-refractivity contribution in [3.8, 4) is 0 Å². The van der Waals surface area contributed by atoms with Gasteiger partial charge in [-0.2, -0.15) is 0 Å². The second kappa shape index (κ2) is 8.94. The molecule has 150 valence electrons. The van der Waals surface area contributed by atoms with Crippen LogP contribution in [-0.2, 0) is 6.42 Å². The predicted octanol–water partition coefficient (Wildman–Crippen LogP) is 5.85. The van der Waals surface area contributed by atoms with Crippen LogP contribution in [0.5, 0.6) is 0 Å². The van der Waals surface area contributed by atoms with Crippen molar-refractivity contribution < 1.29 is 5.11 Å². The Bertz CT molecular complexity index is 880. The maximum Gasteiger partial charge on any atom is 0.0752 e. The minimum absolute atomic E-state index is 0.128. The molecule has 2 nitrogen and oxygen atoms in total. The van der Waals surface area contributed by atoms with Crippen molar-refractivity contribution >= 4 is 0 Å². The van der Waals surface area contributed by atoms with E-state index in [0.29, 0.717) is 6.42 Å². The first-order valence-corrected chi connectivity index (χ1v) is 10.8. The van der Waals surface area contributed by atoms with Crippen LogP contribution in [0.2, 0.25) is 0 Å². The van der Waals surface area contributed by atoms with E-state index >= 15 is 0 Å². The van der Waals surface area contributed by atoms with Crippen LogP contribution in [0.25, 0.3) is 0 Å². The van der Waals surface area contributed by atoms with Crippen LogP contribution in [0.1, 0.15) is 55.0 Å². The normalized spacial score (nSPS) is 26.9. The molecule has 0 radical (unpaired) electrons. The number of piperidine rings is 1.